The van der Waals surface area contributed by atoms with Gasteiger partial charge in [0.2, 0.25) is 11.8 Å². The third-order valence-corrected chi connectivity index (χ3v) is 3.17. The first-order valence-corrected chi connectivity index (χ1v) is 6.69. The number of benzene rings is 1. The first-order chi connectivity index (χ1) is 10.1. The van der Waals surface area contributed by atoms with Crippen LogP contribution in [0.5, 0.6) is 0 Å². The molecule has 1 unspecified atom stereocenters. The summed E-state index contributed by atoms with van der Waals surface area (Å²) in [6.07, 6.45) is 3.71. The second-order valence-electron chi connectivity index (χ2n) is 4.70. The largest absolute Gasteiger partial charge is 0.359 e. The highest BCUT2D eigenvalue weighted by Gasteiger charge is 2.14. The van der Waals surface area contributed by atoms with Crippen LogP contribution in [0.3, 0.4) is 0 Å². The van der Waals surface area contributed by atoms with Gasteiger partial charge in [0.15, 0.2) is 0 Å². The number of carbonyl (C=O) groups is 2. The lowest BCUT2D eigenvalue weighted by atomic mass is 10.1. The van der Waals surface area contributed by atoms with Crippen LogP contribution in [-0.4, -0.2) is 28.6 Å². The Kier molecular flexibility index (Phi) is 4.71. The van der Waals surface area contributed by atoms with Crippen molar-refractivity contribution in [2.24, 2.45) is 0 Å². The van der Waals surface area contributed by atoms with Crippen LogP contribution in [-0.2, 0) is 16.0 Å². The summed E-state index contributed by atoms with van der Waals surface area (Å²) in [5, 5.41) is 9.44. The zero-order valence-electron chi connectivity index (χ0n) is 12.0. The van der Waals surface area contributed by atoms with E-state index in [4.69, 9.17) is 0 Å². The van der Waals surface area contributed by atoms with Crippen molar-refractivity contribution in [1.29, 1.82) is 0 Å². The Morgan fingerprint density at radius 3 is 2.57 bits per heavy atom. The molecule has 2 N–H and O–H groups in total. The van der Waals surface area contributed by atoms with Gasteiger partial charge in [-0.1, -0.05) is 12.1 Å². The fourth-order valence-corrected chi connectivity index (χ4v) is 1.86. The fourth-order valence-electron chi connectivity index (χ4n) is 1.86. The smallest absolute Gasteiger partial charge is 0.248 e. The molecule has 0 spiro atoms. The highest BCUT2D eigenvalue weighted by Crippen LogP contribution is 2.13. The van der Waals surface area contributed by atoms with Gasteiger partial charge in [-0.15, -0.1) is 0 Å². The molecule has 0 saturated heterocycles. The van der Waals surface area contributed by atoms with Crippen molar-refractivity contribution in [3.8, 4) is 0 Å². The van der Waals surface area contributed by atoms with Gasteiger partial charge < -0.3 is 10.6 Å². The lowest BCUT2D eigenvalue weighted by Crippen LogP contribution is -2.24. The summed E-state index contributed by atoms with van der Waals surface area (Å²) >= 11 is 0. The first kappa shape index (κ1) is 14.8. The maximum Gasteiger partial charge on any atom is 0.248 e. The Labute approximate surface area is 123 Å². The van der Waals surface area contributed by atoms with E-state index in [1.54, 1.807) is 49.2 Å². The normalized spacial score (nSPS) is 11.7. The second-order valence-corrected chi connectivity index (χ2v) is 4.70. The molecule has 0 saturated carbocycles. The van der Waals surface area contributed by atoms with E-state index in [1.807, 2.05) is 12.1 Å². The molecule has 0 aliphatic heterocycles. The number of rotatable bonds is 5. The number of nitrogens with one attached hydrogen (secondary N) is 2. The number of amides is 2. The van der Waals surface area contributed by atoms with Crippen molar-refractivity contribution in [1.82, 2.24) is 15.1 Å². The Morgan fingerprint density at radius 2 is 2.00 bits per heavy atom. The maximum absolute atomic E-state index is 12.1. The number of aromatic nitrogens is 2. The molecule has 6 nitrogen and oxygen atoms in total. The summed E-state index contributed by atoms with van der Waals surface area (Å²) in [4.78, 5) is 23.4. The zero-order valence-corrected chi connectivity index (χ0v) is 12.0. The molecule has 0 bridgehead atoms. The van der Waals surface area contributed by atoms with Crippen molar-refractivity contribution >= 4 is 17.5 Å². The molecular formula is C15H18N4O2. The van der Waals surface area contributed by atoms with Gasteiger partial charge in [-0.05, 0) is 30.7 Å². The van der Waals surface area contributed by atoms with Crippen LogP contribution in [0, 0.1) is 0 Å². The van der Waals surface area contributed by atoms with Gasteiger partial charge in [0.1, 0.15) is 6.04 Å². The number of nitrogens with zero attached hydrogens (tertiary/aromatic N) is 2. The second kappa shape index (κ2) is 6.69. The highest BCUT2D eigenvalue weighted by molar-refractivity contribution is 5.93. The SMILES string of the molecule is CNC(=O)Cc1ccc(NC(=O)C(C)n2cccn2)cc1. The predicted molar refractivity (Wildman–Crippen MR) is 79.8 cm³/mol. The van der Waals surface area contributed by atoms with Gasteiger partial charge in [-0.3, -0.25) is 14.3 Å². The molecule has 21 heavy (non-hydrogen) atoms. The standard InChI is InChI=1S/C15H18N4O2/c1-11(19-9-3-8-17-19)15(21)18-13-6-4-12(5-7-13)10-14(20)16-2/h3-9,11H,10H2,1-2H3,(H,16,20)(H,18,21). The Morgan fingerprint density at radius 1 is 1.29 bits per heavy atom. The minimum absolute atomic E-state index is 0.0425. The van der Waals surface area contributed by atoms with E-state index < -0.39 is 0 Å². The number of likely N-dealkylation sites (N-methyl/N-ethyl adjacent to an activating group) is 1. The van der Waals surface area contributed by atoms with Gasteiger partial charge in [0, 0.05) is 25.1 Å². The fraction of sp³-hybridized carbons (Fsp3) is 0.267. The monoisotopic (exact) mass is 286 g/mol. The van der Waals surface area contributed by atoms with E-state index in [0.29, 0.717) is 12.1 Å². The lowest BCUT2D eigenvalue weighted by Gasteiger charge is -2.13. The van der Waals surface area contributed by atoms with Gasteiger partial charge in [0.05, 0.1) is 6.42 Å². The van der Waals surface area contributed by atoms with Crippen molar-refractivity contribution in [2.75, 3.05) is 12.4 Å². The van der Waals surface area contributed by atoms with E-state index in [-0.39, 0.29) is 17.9 Å². The van der Waals surface area contributed by atoms with Crippen LogP contribution in [0.4, 0.5) is 5.69 Å². The van der Waals surface area contributed by atoms with Crippen molar-refractivity contribution in [3.05, 3.63) is 48.3 Å². The van der Waals surface area contributed by atoms with Gasteiger partial charge >= 0.3 is 0 Å². The molecule has 2 rings (SSSR count). The zero-order chi connectivity index (χ0) is 15.2. The Hall–Kier alpha value is -2.63. The minimum atomic E-state index is -0.384. The van der Waals surface area contributed by atoms with Gasteiger partial charge in [0.25, 0.3) is 0 Å². The summed E-state index contributed by atoms with van der Waals surface area (Å²) < 4.78 is 1.59. The summed E-state index contributed by atoms with van der Waals surface area (Å²) in [6.45, 7) is 1.78. The molecular weight excluding hydrogens is 268 g/mol. The first-order valence-electron chi connectivity index (χ1n) is 6.69. The molecule has 1 aromatic carbocycles. The number of anilines is 1. The molecule has 0 radical (unpaired) electrons. The number of hydrogen-bond acceptors (Lipinski definition) is 3. The highest BCUT2D eigenvalue weighted by atomic mass is 16.2. The molecule has 1 heterocycles. The van der Waals surface area contributed by atoms with Crippen LogP contribution in [0.25, 0.3) is 0 Å². The van der Waals surface area contributed by atoms with Crippen molar-refractivity contribution < 1.29 is 9.59 Å². The number of hydrogen-bond donors (Lipinski definition) is 2. The van der Waals surface area contributed by atoms with Crippen LogP contribution >= 0.6 is 0 Å². The number of carbonyl (C=O) groups excluding carboxylic acids is 2. The Bertz CT molecular complexity index is 605. The molecule has 110 valence electrons. The molecule has 2 aromatic rings. The molecule has 0 aliphatic carbocycles. The van der Waals surface area contributed by atoms with Gasteiger partial charge in [-0.2, -0.15) is 5.10 Å². The van der Waals surface area contributed by atoms with Crippen molar-refractivity contribution in [3.63, 3.8) is 0 Å². The van der Waals surface area contributed by atoms with E-state index >= 15 is 0 Å². The minimum Gasteiger partial charge on any atom is -0.359 e. The lowest BCUT2D eigenvalue weighted by molar-refractivity contribution is -0.120. The molecule has 0 fully saturated rings. The van der Waals surface area contributed by atoms with Crippen LogP contribution in [0.15, 0.2) is 42.7 Å². The molecule has 0 aliphatic rings. The van der Waals surface area contributed by atoms with E-state index in [2.05, 4.69) is 15.7 Å². The summed E-state index contributed by atoms with van der Waals surface area (Å²) in [7, 11) is 1.60. The maximum atomic E-state index is 12.1. The van der Waals surface area contributed by atoms with E-state index in [0.717, 1.165) is 5.56 Å². The summed E-state index contributed by atoms with van der Waals surface area (Å²) in [5.41, 5.74) is 1.59. The van der Waals surface area contributed by atoms with E-state index in [1.165, 1.54) is 0 Å². The quantitative estimate of drug-likeness (QED) is 0.871. The third kappa shape index (κ3) is 3.92. The summed E-state index contributed by atoms with van der Waals surface area (Å²) in [6, 6.07) is 8.60. The average molecular weight is 286 g/mol. The molecule has 6 heteroatoms. The molecule has 1 aromatic heterocycles. The topological polar surface area (TPSA) is 76.0 Å². The molecule has 1 atom stereocenters. The Balaban J connectivity index is 1.97. The van der Waals surface area contributed by atoms with E-state index in [9.17, 15) is 9.59 Å². The van der Waals surface area contributed by atoms with Crippen LogP contribution < -0.4 is 10.6 Å². The van der Waals surface area contributed by atoms with Crippen LogP contribution in [0.2, 0.25) is 0 Å². The summed E-state index contributed by atoms with van der Waals surface area (Å²) in [5.74, 6) is -0.183. The average Bonchev–Trinajstić information content (AvgIpc) is 3.02. The third-order valence-electron chi connectivity index (χ3n) is 3.17. The molecule has 2 amide bonds. The van der Waals surface area contributed by atoms with Crippen LogP contribution in [0.1, 0.15) is 18.5 Å². The predicted octanol–water partition coefficient (Wildman–Crippen LogP) is 1.37. The van der Waals surface area contributed by atoms with Crippen molar-refractivity contribution in [2.45, 2.75) is 19.4 Å². The van der Waals surface area contributed by atoms with Gasteiger partial charge in [-0.25, -0.2) is 0 Å².